The van der Waals surface area contributed by atoms with Crippen LogP contribution in [0.5, 0.6) is 5.75 Å². The van der Waals surface area contributed by atoms with Crippen LogP contribution in [0.3, 0.4) is 0 Å². The van der Waals surface area contributed by atoms with Crippen molar-refractivity contribution in [1.29, 1.82) is 0 Å². The Morgan fingerprint density at radius 3 is 2.14 bits per heavy atom. The van der Waals surface area contributed by atoms with Crippen molar-refractivity contribution in [3.05, 3.63) is 59.4 Å². The van der Waals surface area contributed by atoms with Crippen LogP contribution in [0.25, 0.3) is 0 Å². The van der Waals surface area contributed by atoms with Crippen molar-refractivity contribution in [2.75, 3.05) is 25.0 Å². The van der Waals surface area contributed by atoms with E-state index in [0.29, 0.717) is 12.8 Å². The number of anilines is 1. The summed E-state index contributed by atoms with van der Waals surface area (Å²) in [5.74, 6) is -14.1. The van der Waals surface area contributed by atoms with Gasteiger partial charge in [-0.2, -0.15) is 8.78 Å². The Morgan fingerprint density at radius 2 is 1.55 bits per heavy atom. The van der Waals surface area contributed by atoms with E-state index < -0.39 is 76.9 Å². The van der Waals surface area contributed by atoms with Crippen molar-refractivity contribution >= 4 is 29.2 Å². The van der Waals surface area contributed by atoms with Crippen molar-refractivity contribution in [3.63, 3.8) is 0 Å². The number of nitrogens with two attached hydrogens (primary N) is 1. The van der Waals surface area contributed by atoms with Crippen molar-refractivity contribution in [1.82, 2.24) is 10.6 Å². The number of hydrogen-bond acceptors (Lipinski definition) is 6. The zero-order chi connectivity index (χ0) is 31.4. The molecule has 0 saturated heterocycles. The molecule has 0 aliphatic rings. The highest BCUT2D eigenvalue weighted by Crippen LogP contribution is 2.26. The van der Waals surface area contributed by atoms with Gasteiger partial charge in [-0.1, -0.05) is 26.0 Å². The number of carbonyl (C=O) groups excluding carboxylic acids is 4. The van der Waals surface area contributed by atoms with E-state index in [1.807, 2.05) is 0 Å². The number of hydrogen-bond donors (Lipinski definition) is 4. The molecular weight excluding hydrogens is 567 g/mol. The Hall–Kier alpha value is -4.07. The van der Waals surface area contributed by atoms with Gasteiger partial charge in [-0.05, 0) is 50.3 Å². The first-order chi connectivity index (χ1) is 19.8. The first-order valence-electron chi connectivity index (χ1n) is 13.2. The molecule has 0 radical (unpaired) electrons. The van der Waals surface area contributed by atoms with Crippen LogP contribution in [0.2, 0.25) is 0 Å². The number of halogens is 5. The van der Waals surface area contributed by atoms with Gasteiger partial charge in [0.15, 0.2) is 23.2 Å². The molecule has 0 aromatic heterocycles. The molecule has 0 saturated carbocycles. The summed E-state index contributed by atoms with van der Waals surface area (Å²) in [7, 11) is 0. The van der Waals surface area contributed by atoms with Gasteiger partial charge >= 0.3 is 11.8 Å². The lowest BCUT2D eigenvalue weighted by molar-refractivity contribution is -0.137. The fraction of sp³-hybridized carbons (Fsp3) is 0.429. The molecule has 9 nitrogen and oxygen atoms in total. The van der Waals surface area contributed by atoms with E-state index in [2.05, 4.69) is 16.0 Å². The lowest BCUT2D eigenvalue weighted by atomic mass is 9.95. The largest absolute Gasteiger partial charge is 0.479 e. The summed E-state index contributed by atoms with van der Waals surface area (Å²) in [5.41, 5.74) is 5.28. The molecule has 0 aliphatic heterocycles. The van der Waals surface area contributed by atoms with E-state index in [0.717, 1.165) is 6.07 Å². The van der Waals surface area contributed by atoms with E-state index >= 15 is 0 Å². The fourth-order valence-corrected chi connectivity index (χ4v) is 3.91. The first kappa shape index (κ1) is 34.1. The second-order valence-corrected chi connectivity index (χ2v) is 9.87. The van der Waals surface area contributed by atoms with E-state index in [1.165, 1.54) is 18.2 Å². The molecule has 42 heavy (non-hydrogen) atoms. The Balaban J connectivity index is 2.10. The SMILES string of the molecule is CC(C)C[C@H](CNC(=O)C(=O)Nc1ccccc1F)C(=O)N[C@@H](CCCCN)C(=O)COc1c(F)c(F)cc(F)c1F. The summed E-state index contributed by atoms with van der Waals surface area (Å²) >= 11 is 0. The Labute approximate surface area is 239 Å². The number of ether oxygens (including phenoxy) is 1. The molecule has 14 heteroatoms. The maximum Gasteiger partial charge on any atom is 0.313 e. The van der Waals surface area contributed by atoms with Gasteiger partial charge in [-0.25, -0.2) is 13.2 Å². The second-order valence-electron chi connectivity index (χ2n) is 9.87. The second kappa shape index (κ2) is 16.4. The first-order valence-corrected chi connectivity index (χ1v) is 13.2. The maximum atomic E-state index is 13.9. The minimum absolute atomic E-state index is 0.00752. The minimum Gasteiger partial charge on any atom is -0.479 e. The molecule has 2 aromatic carbocycles. The van der Waals surface area contributed by atoms with Crippen molar-refractivity contribution in [3.8, 4) is 5.75 Å². The van der Waals surface area contributed by atoms with Gasteiger partial charge in [0.2, 0.25) is 17.5 Å². The van der Waals surface area contributed by atoms with Crippen LogP contribution in [0.15, 0.2) is 30.3 Å². The van der Waals surface area contributed by atoms with Crippen molar-refractivity contribution < 1.29 is 45.9 Å². The lowest BCUT2D eigenvalue weighted by Gasteiger charge is -2.23. The Bertz CT molecular complexity index is 1250. The number of Topliss-reactive ketones (excluding diaryl/α,β-unsaturated/α-hetero) is 1. The monoisotopic (exact) mass is 600 g/mol. The lowest BCUT2D eigenvalue weighted by Crippen LogP contribution is -2.48. The zero-order valence-corrected chi connectivity index (χ0v) is 23.1. The highest BCUT2D eigenvalue weighted by Gasteiger charge is 2.29. The number of amides is 3. The summed E-state index contributed by atoms with van der Waals surface area (Å²) < 4.78 is 73.4. The van der Waals surface area contributed by atoms with Crippen LogP contribution in [0.4, 0.5) is 27.6 Å². The number of carbonyl (C=O) groups is 4. The van der Waals surface area contributed by atoms with E-state index in [9.17, 15) is 41.1 Å². The minimum atomic E-state index is -1.82. The number of para-hydroxylation sites is 1. The van der Waals surface area contributed by atoms with Crippen molar-refractivity contribution in [2.24, 2.45) is 17.6 Å². The molecule has 0 unspecified atom stereocenters. The molecule has 0 aliphatic carbocycles. The molecule has 5 N–H and O–H groups in total. The fourth-order valence-electron chi connectivity index (χ4n) is 3.91. The molecular formula is C28H33F5N4O5. The summed E-state index contributed by atoms with van der Waals surface area (Å²) in [5, 5.41) is 6.97. The highest BCUT2D eigenvalue weighted by molar-refractivity contribution is 6.39. The van der Waals surface area contributed by atoms with E-state index in [-0.39, 0.29) is 43.6 Å². The molecule has 2 rings (SSSR count). The Kier molecular flexibility index (Phi) is 13.3. The average molecular weight is 601 g/mol. The van der Waals surface area contributed by atoms with Gasteiger partial charge < -0.3 is 26.4 Å². The molecule has 0 fully saturated rings. The molecule has 2 atom stereocenters. The summed E-state index contributed by atoms with van der Waals surface area (Å²) in [6.07, 6.45) is 1.12. The van der Waals surface area contributed by atoms with E-state index in [1.54, 1.807) is 13.8 Å². The number of unbranched alkanes of at least 4 members (excludes halogenated alkanes) is 1. The third-order valence-corrected chi connectivity index (χ3v) is 6.05. The van der Waals surface area contributed by atoms with Crippen LogP contribution >= 0.6 is 0 Å². The van der Waals surface area contributed by atoms with Gasteiger partial charge in [0.1, 0.15) is 12.4 Å². The number of nitrogens with one attached hydrogen (secondary N) is 3. The third-order valence-electron chi connectivity index (χ3n) is 6.05. The molecule has 0 spiro atoms. The summed E-state index contributed by atoms with van der Waals surface area (Å²) in [6.45, 7) is 2.54. The molecule has 0 bridgehead atoms. The predicted molar refractivity (Wildman–Crippen MR) is 143 cm³/mol. The van der Waals surface area contributed by atoms with Crippen LogP contribution in [0, 0.1) is 40.9 Å². The van der Waals surface area contributed by atoms with Gasteiger partial charge in [0, 0.05) is 12.6 Å². The molecule has 2 aromatic rings. The summed E-state index contributed by atoms with van der Waals surface area (Å²) in [4.78, 5) is 50.6. The normalized spacial score (nSPS) is 12.4. The van der Waals surface area contributed by atoms with E-state index in [4.69, 9.17) is 10.5 Å². The average Bonchev–Trinajstić information content (AvgIpc) is 2.94. The smallest absolute Gasteiger partial charge is 0.313 e. The van der Waals surface area contributed by atoms with Crippen LogP contribution in [0.1, 0.15) is 39.5 Å². The van der Waals surface area contributed by atoms with Crippen LogP contribution < -0.4 is 26.4 Å². The molecule has 230 valence electrons. The maximum absolute atomic E-state index is 13.9. The topological polar surface area (TPSA) is 140 Å². The van der Waals surface area contributed by atoms with Gasteiger partial charge in [-0.15, -0.1) is 0 Å². The standard InChI is InChI=1S/C28H33F5N4O5/c1-15(2)11-16(13-35-27(40)28(41)36-20-8-4-3-7-17(20)29)26(39)37-21(9-5-6-10-34)22(38)14-42-25-23(32)18(30)12-19(31)24(25)33/h3-4,7-8,12,15-16,21H,5-6,9-11,13-14,34H2,1-2H3,(H,35,40)(H,36,41)(H,37,39)/t16-,21+/m1/s1. The number of rotatable bonds is 15. The quantitative estimate of drug-likeness (QED) is 0.107. The third kappa shape index (κ3) is 10.1. The summed E-state index contributed by atoms with van der Waals surface area (Å²) in [6, 6.07) is 3.97. The van der Waals surface area contributed by atoms with Gasteiger partial charge in [0.05, 0.1) is 17.6 Å². The van der Waals surface area contributed by atoms with Gasteiger partial charge in [-0.3, -0.25) is 19.2 Å². The molecule has 0 heterocycles. The van der Waals surface area contributed by atoms with Crippen LogP contribution in [-0.2, 0) is 19.2 Å². The predicted octanol–water partition coefficient (Wildman–Crippen LogP) is 3.36. The zero-order valence-electron chi connectivity index (χ0n) is 23.1. The van der Waals surface area contributed by atoms with Crippen LogP contribution in [-0.4, -0.2) is 49.2 Å². The number of ketones is 1. The highest BCUT2D eigenvalue weighted by atomic mass is 19.2. The molecule has 3 amide bonds. The number of benzene rings is 2. The Morgan fingerprint density at radius 1 is 0.905 bits per heavy atom. The van der Waals surface area contributed by atoms with Crippen molar-refractivity contribution in [2.45, 2.75) is 45.6 Å². The van der Waals surface area contributed by atoms with Gasteiger partial charge in [0.25, 0.3) is 0 Å².